The van der Waals surface area contributed by atoms with Crippen LogP contribution in [0.5, 0.6) is 0 Å². The molecular weight excluding hydrogens is 552 g/mol. The summed E-state index contributed by atoms with van der Waals surface area (Å²) in [6.07, 6.45) is 0. The Morgan fingerprint density at radius 2 is 0.622 bits per heavy atom. The van der Waals surface area contributed by atoms with E-state index in [9.17, 15) is 0 Å². The number of hydrogen-bond acceptors (Lipinski definition) is 6. The molecule has 0 amide bonds. The van der Waals surface area contributed by atoms with Crippen molar-refractivity contribution in [3.8, 4) is 0 Å². The Labute approximate surface area is 263 Å². The zero-order chi connectivity index (χ0) is 30.8. The van der Waals surface area contributed by atoms with Crippen LogP contribution in [-0.4, -0.2) is 15.0 Å². The van der Waals surface area contributed by atoms with Crippen LogP contribution in [0, 0.1) is 0 Å². The first kappa shape index (κ1) is 28.3. The van der Waals surface area contributed by atoms with Gasteiger partial charge < -0.3 is 16.0 Å². The highest BCUT2D eigenvalue weighted by atomic mass is 15.3. The molecule has 0 spiro atoms. The lowest BCUT2D eigenvalue weighted by molar-refractivity contribution is 0.822. The standard InChI is InChI=1S/C39H36N6/c1-25(31-22-10-16-28-13-4-7-19-34(28)31)40-37-43-38(41-26(2)32-23-11-17-29-14-5-8-20-35(29)32)45-39(44-37)42-27(3)33-24-12-18-30-15-6-9-21-36(30)33/h4-27H,1-3H3,(H3,40,41,42,43,44,45)/t25-,26-,27+/m1/s1. The lowest BCUT2D eigenvalue weighted by atomic mass is 10.00. The highest BCUT2D eigenvalue weighted by Gasteiger charge is 2.18. The van der Waals surface area contributed by atoms with E-state index in [1.54, 1.807) is 0 Å². The first-order valence-electron chi connectivity index (χ1n) is 15.5. The summed E-state index contributed by atoms with van der Waals surface area (Å²) in [5.74, 6) is 1.52. The summed E-state index contributed by atoms with van der Waals surface area (Å²) in [6, 6.07) is 44.4. The SMILES string of the molecule is C[C@H](Nc1nc(N[C@H](C)c2cccc3ccccc23)nc(N[C@H](C)c2cccc3ccccc23)n1)c1cccc2ccccc12. The van der Waals surface area contributed by atoms with Crippen molar-refractivity contribution >= 4 is 50.2 Å². The molecule has 1 aromatic heterocycles. The molecule has 0 aliphatic rings. The predicted molar refractivity (Wildman–Crippen MR) is 188 cm³/mol. The largest absolute Gasteiger partial charge is 0.347 e. The van der Waals surface area contributed by atoms with E-state index in [0.29, 0.717) is 17.8 Å². The second-order valence-electron chi connectivity index (χ2n) is 11.6. The average Bonchev–Trinajstić information content (AvgIpc) is 3.07. The molecule has 6 aromatic carbocycles. The summed E-state index contributed by atoms with van der Waals surface area (Å²) in [6.45, 7) is 6.43. The van der Waals surface area contributed by atoms with Crippen LogP contribution >= 0.6 is 0 Å². The van der Waals surface area contributed by atoms with E-state index in [-0.39, 0.29) is 18.1 Å². The molecule has 7 aromatic rings. The van der Waals surface area contributed by atoms with Gasteiger partial charge in [-0.05, 0) is 69.8 Å². The number of aromatic nitrogens is 3. The van der Waals surface area contributed by atoms with Crippen molar-refractivity contribution in [3.63, 3.8) is 0 Å². The minimum absolute atomic E-state index is 0.0369. The third-order valence-electron chi connectivity index (χ3n) is 8.54. The van der Waals surface area contributed by atoms with E-state index < -0.39 is 0 Å². The number of fused-ring (bicyclic) bond motifs is 3. The van der Waals surface area contributed by atoms with Gasteiger partial charge in [0.2, 0.25) is 17.8 Å². The molecule has 3 atom stereocenters. The van der Waals surface area contributed by atoms with Crippen LogP contribution in [0.4, 0.5) is 17.8 Å². The van der Waals surface area contributed by atoms with Gasteiger partial charge in [0, 0.05) is 0 Å². The van der Waals surface area contributed by atoms with E-state index >= 15 is 0 Å². The molecule has 0 aliphatic carbocycles. The van der Waals surface area contributed by atoms with Gasteiger partial charge in [-0.15, -0.1) is 0 Å². The quantitative estimate of drug-likeness (QED) is 0.156. The number of anilines is 3. The van der Waals surface area contributed by atoms with Gasteiger partial charge in [0.05, 0.1) is 18.1 Å². The Morgan fingerprint density at radius 3 is 0.933 bits per heavy atom. The molecular formula is C39H36N6. The maximum Gasteiger partial charge on any atom is 0.229 e. The Kier molecular flexibility index (Phi) is 7.70. The summed E-state index contributed by atoms with van der Waals surface area (Å²) in [5.41, 5.74) is 3.56. The van der Waals surface area contributed by atoms with Gasteiger partial charge in [0.25, 0.3) is 0 Å². The van der Waals surface area contributed by atoms with Gasteiger partial charge in [-0.1, -0.05) is 127 Å². The summed E-state index contributed by atoms with van der Waals surface area (Å²) >= 11 is 0. The normalized spacial score (nSPS) is 13.4. The number of rotatable bonds is 9. The Hall–Kier alpha value is -5.49. The minimum Gasteiger partial charge on any atom is -0.347 e. The van der Waals surface area contributed by atoms with E-state index in [1.165, 1.54) is 49.0 Å². The molecule has 0 saturated carbocycles. The van der Waals surface area contributed by atoms with Gasteiger partial charge in [0.1, 0.15) is 0 Å². The summed E-state index contributed by atoms with van der Waals surface area (Å²) in [5, 5.41) is 18.0. The van der Waals surface area contributed by atoms with Crippen LogP contribution in [0.3, 0.4) is 0 Å². The van der Waals surface area contributed by atoms with Gasteiger partial charge in [-0.25, -0.2) is 0 Å². The lowest BCUT2D eigenvalue weighted by Gasteiger charge is -2.21. The fourth-order valence-electron chi connectivity index (χ4n) is 6.27. The van der Waals surface area contributed by atoms with Gasteiger partial charge in [-0.3, -0.25) is 0 Å². The maximum absolute atomic E-state index is 4.87. The molecule has 7 rings (SSSR count). The zero-order valence-corrected chi connectivity index (χ0v) is 25.7. The van der Waals surface area contributed by atoms with E-state index in [0.717, 1.165) is 0 Å². The summed E-state index contributed by atoms with van der Waals surface area (Å²) < 4.78 is 0. The molecule has 0 bridgehead atoms. The second-order valence-corrected chi connectivity index (χ2v) is 11.6. The number of nitrogens with zero attached hydrogens (tertiary/aromatic N) is 3. The highest BCUT2D eigenvalue weighted by molar-refractivity contribution is 5.88. The van der Waals surface area contributed by atoms with Crippen molar-refractivity contribution in [2.45, 2.75) is 38.9 Å². The van der Waals surface area contributed by atoms with Crippen molar-refractivity contribution in [3.05, 3.63) is 144 Å². The smallest absolute Gasteiger partial charge is 0.229 e. The average molecular weight is 589 g/mol. The molecule has 0 unspecified atom stereocenters. The van der Waals surface area contributed by atoms with E-state index in [2.05, 4.69) is 164 Å². The van der Waals surface area contributed by atoms with Crippen LogP contribution < -0.4 is 16.0 Å². The van der Waals surface area contributed by atoms with Crippen molar-refractivity contribution in [1.82, 2.24) is 15.0 Å². The molecule has 45 heavy (non-hydrogen) atoms. The maximum atomic E-state index is 4.87. The molecule has 6 nitrogen and oxygen atoms in total. The van der Waals surface area contributed by atoms with Crippen LogP contribution in [0.2, 0.25) is 0 Å². The third kappa shape index (κ3) is 5.87. The molecule has 0 radical (unpaired) electrons. The summed E-state index contributed by atoms with van der Waals surface area (Å²) in [4.78, 5) is 14.6. The first-order chi connectivity index (χ1) is 22.0. The van der Waals surface area contributed by atoms with Gasteiger partial charge in [0.15, 0.2) is 0 Å². The van der Waals surface area contributed by atoms with Crippen LogP contribution in [-0.2, 0) is 0 Å². The molecule has 1 heterocycles. The topological polar surface area (TPSA) is 74.8 Å². The lowest BCUT2D eigenvalue weighted by Crippen LogP contribution is -2.17. The zero-order valence-electron chi connectivity index (χ0n) is 25.7. The monoisotopic (exact) mass is 588 g/mol. The molecule has 222 valence electrons. The van der Waals surface area contributed by atoms with Crippen LogP contribution in [0.1, 0.15) is 55.6 Å². The number of hydrogen-bond donors (Lipinski definition) is 3. The Balaban J connectivity index is 1.23. The molecule has 6 heteroatoms. The first-order valence-corrected chi connectivity index (χ1v) is 15.5. The van der Waals surface area contributed by atoms with Crippen LogP contribution in [0.25, 0.3) is 32.3 Å². The third-order valence-corrected chi connectivity index (χ3v) is 8.54. The highest BCUT2D eigenvalue weighted by Crippen LogP contribution is 2.30. The molecule has 3 N–H and O–H groups in total. The van der Waals surface area contributed by atoms with Crippen molar-refractivity contribution in [1.29, 1.82) is 0 Å². The Morgan fingerprint density at radius 1 is 0.356 bits per heavy atom. The second kappa shape index (κ2) is 12.2. The fraction of sp³-hybridized carbons (Fsp3) is 0.154. The van der Waals surface area contributed by atoms with E-state index in [1.807, 2.05) is 0 Å². The van der Waals surface area contributed by atoms with Crippen molar-refractivity contribution in [2.75, 3.05) is 16.0 Å². The minimum atomic E-state index is -0.0369. The molecule has 0 saturated heterocycles. The van der Waals surface area contributed by atoms with Gasteiger partial charge >= 0.3 is 0 Å². The fourth-order valence-corrected chi connectivity index (χ4v) is 6.27. The van der Waals surface area contributed by atoms with Gasteiger partial charge in [-0.2, -0.15) is 15.0 Å². The van der Waals surface area contributed by atoms with Crippen LogP contribution in [0.15, 0.2) is 127 Å². The number of nitrogens with one attached hydrogen (secondary N) is 3. The van der Waals surface area contributed by atoms with E-state index in [4.69, 9.17) is 15.0 Å². The molecule has 0 fully saturated rings. The summed E-state index contributed by atoms with van der Waals surface area (Å²) in [7, 11) is 0. The Bertz CT molecular complexity index is 1850. The predicted octanol–water partition coefficient (Wildman–Crippen LogP) is 9.85. The van der Waals surface area contributed by atoms with Crippen molar-refractivity contribution < 1.29 is 0 Å². The molecule has 0 aliphatic heterocycles. The number of benzene rings is 6. The van der Waals surface area contributed by atoms with Crippen molar-refractivity contribution in [2.24, 2.45) is 0 Å².